The van der Waals surface area contributed by atoms with Crippen molar-refractivity contribution in [2.75, 3.05) is 5.73 Å². The molecule has 6 heteroatoms. The number of hydrogen-bond donors (Lipinski definition) is 1. The summed E-state index contributed by atoms with van der Waals surface area (Å²) >= 11 is 1.50. The van der Waals surface area contributed by atoms with Gasteiger partial charge in [0.2, 0.25) is 0 Å². The van der Waals surface area contributed by atoms with Gasteiger partial charge in [-0.15, -0.1) is 11.3 Å². The van der Waals surface area contributed by atoms with Crippen LogP contribution >= 0.6 is 11.3 Å². The molecule has 0 aliphatic carbocycles. The predicted octanol–water partition coefficient (Wildman–Crippen LogP) is 2.52. The minimum Gasteiger partial charge on any atom is -0.383 e. The number of carbonyl (C=O) groups excluding carboxylic acids is 1. The molecule has 0 spiro atoms. The number of anilines is 1. The van der Waals surface area contributed by atoms with Crippen molar-refractivity contribution in [3.05, 3.63) is 27.3 Å². The number of carbonyl (C=O) groups is 1. The van der Waals surface area contributed by atoms with E-state index in [1.807, 2.05) is 34.6 Å². The number of nitrogens with two attached hydrogens (primary N) is 1. The van der Waals surface area contributed by atoms with Crippen molar-refractivity contribution in [2.45, 2.75) is 40.0 Å². The molecule has 2 N–H and O–H groups in total. The van der Waals surface area contributed by atoms with Crippen molar-refractivity contribution in [2.24, 2.45) is 0 Å². The third kappa shape index (κ3) is 2.53. The monoisotopic (exact) mass is 278 g/mol. The van der Waals surface area contributed by atoms with Crippen LogP contribution in [0.3, 0.4) is 0 Å². The molecular formula is C13H18N4OS. The minimum atomic E-state index is -0.269. The average Bonchev–Trinajstić information content (AvgIpc) is 2.80. The quantitative estimate of drug-likeness (QED) is 0.870. The van der Waals surface area contributed by atoms with E-state index in [0.29, 0.717) is 11.5 Å². The lowest BCUT2D eigenvalue weighted by molar-refractivity contribution is 0.0942. The van der Waals surface area contributed by atoms with Crippen LogP contribution in [0.1, 0.15) is 46.8 Å². The first-order valence-corrected chi connectivity index (χ1v) is 6.86. The van der Waals surface area contributed by atoms with E-state index in [1.54, 1.807) is 6.07 Å². The van der Waals surface area contributed by atoms with Gasteiger partial charge in [-0.3, -0.25) is 4.79 Å². The zero-order valence-electron chi connectivity index (χ0n) is 11.8. The fourth-order valence-corrected chi connectivity index (χ4v) is 2.56. The maximum Gasteiger partial charge on any atom is 0.299 e. The first-order chi connectivity index (χ1) is 8.70. The summed E-state index contributed by atoms with van der Waals surface area (Å²) in [6.45, 7) is 9.84. The maximum absolute atomic E-state index is 12.4. The lowest BCUT2D eigenvalue weighted by atomic mass is 9.92. The Kier molecular flexibility index (Phi) is 3.22. The first kappa shape index (κ1) is 13.7. The van der Waals surface area contributed by atoms with Gasteiger partial charge in [0.05, 0.1) is 10.7 Å². The van der Waals surface area contributed by atoms with Gasteiger partial charge in [0, 0.05) is 16.4 Å². The number of rotatable bonds is 1. The largest absolute Gasteiger partial charge is 0.383 e. The molecule has 0 fully saturated rings. The highest BCUT2D eigenvalue weighted by Gasteiger charge is 2.24. The van der Waals surface area contributed by atoms with Gasteiger partial charge in [-0.2, -0.15) is 9.78 Å². The van der Waals surface area contributed by atoms with Crippen LogP contribution in [0.4, 0.5) is 5.82 Å². The van der Waals surface area contributed by atoms with Crippen LogP contribution in [0, 0.1) is 13.8 Å². The fourth-order valence-electron chi connectivity index (χ4n) is 1.75. The Bertz CT molecular complexity index is 634. The summed E-state index contributed by atoms with van der Waals surface area (Å²) in [6.07, 6.45) is 0. The van der Waals surface area contributed by atoms with Crippen LogP contribution in [-0.4, -0.2) is 20.7 Å². The molecule has 2 aromatic rings. The molecule has 2 aromatic heterocycles. The summed E-state index contributed by atoms with van der Waals surface area (Å²) in [5.41, 5.74) is 6.97. The SMILES string of the molecule is Cc1nc(C(=O)n2nc(C(C)(C)C)cc2N)c(C)s1. The number of nitrogens with zero attached hydrogens (tertiary/aromatic N) is 3. The van der Waals surface area contributed by atoms with E-state index in [1.165, 1.54) is 16.0 Å². The molecule has 0 aromatic carbocycles. The Hall–Kier alpha value is -1.69. The molecule has 2 heterocycles. The van der Waals surface area contributed by atoms with E-state index in [2.05, 4.69) is 10.1 Å². The number of aromatic nitrogens is 3. The number of nitrogen functional groups attached to an aromatic ring is 1. The van der Waals surface area contributed by atoms with E-state index in [0.717, 1.165) is 15.6 Å². The lowest BCUT2D eigenvalue weighted by Gasteiger charge is -2.13. The van der Waals surface area contributed by atoms with Crippen LogP contribution in [0.15, 0.2) is 6.07 Å². The smallest absolute Gasteiger partial charge is 0.299 e. The molecule has 0 atom stereocenters. The summed E-state index contributed by atoms with van der Waals surface area (Å²) in [6, 6.07) is 1.74. The Morgan fingerprint density at radius 3 is 2.42 bits per heavy atom. The van der Waals surface area contributed by atoms with Gasteiger partial charge in [-0.25, -0.2) is 4.98 Å². The van der Waals surface area contributed by atoms with E-state index < -0.39 is 0 Å². The molecule has 0 saturated carbocycles. The van der Waals surface area contributed by atoms with Crippen molar-refractivity contribution in [1.82, 2.24) is 14.8 Å². The highest BCUT2D eigenvalue weighted by atomic mass is 32.1. The summed E-state index contributed by atoms with van der Waals surface area (Å²) in [5.74, 6) is 0.0785. The van der Waals surface area contributed by atoms with Gasteiger partial charge in [-0.05, 0) is 13.8 Å². The number of hydrogen-bond acceptors (Lipinski definition) is 5. The first-order valence-electron chi connectivity index (χ1n) is 6.05. The van der Waals surface area contributed by atoms with Crippen molar-refractivity contribution >= 4 is 23.1 Å². The normalized spacial score (nSPS) is 11.8. The van der Waals surface area contributed by atoms with E-state index in [9.17, 15) is 4.79 Å². The van der Waals surface area contributed by atoms with E-state index in [4.69, 9.17) is 5.73 Å². The van der Waals surface area contributed by atoms with Crippen molar-refractivity contribution in [3.8, 4) is 0 Å². The zero-order valence-corrected chi connectivity index (χ0v) is 12.6. The number of aryl methyl sites for hydroxylation is 2. The molecule has 0 unspecified atom stereocenters. The topological polar surface area (TPSA) is 73.8 Å². The van der Waals surface area contributed by atoms with E-state index in [-0.39, 0.29) is 11.3 Å². The average molecular weight is 278 g/mol. The second-order valence-corrected chi connectivity index (χ2v) is 6.97. The molecule has 0 aliphatic rings. The maximum atomic E-state index is 12.4. The molecule has 19 heavy (non-hydrogen) atoms. The van der Waals surface area contributed by atoms with Gasteiger partial charge < -0.3 is 5.73 Å². The van der Waals surface area contributed by atoms with Gasteiger partial charge in [0.25, 0.3) is 5.91 Å². The minimum absolute atomic E-state index is 0.146. The van der Waals surface area contributed by atoms with Crippen molar-refractivity contribution in [3.63, 3.8) is 0 Å². The molecule has 0 aliphatic heterocycles. The summed E-state index contributed by atoms with van der Waals surface area (Å²) in [7, 11) is 0. The molecule has 5 nitrogen and oxygen atoms in total. The van der Waals surface area contributed by atoms with Crippen molar-refractivity contribution in [1.29, 1.82) is 0 Å². The van der Waals surface area contributed by atoms with Crippen LogP contribution in [-0.2, 0) is 5.41 Å². The van der Waals surface area contributed by atoms with Crippen LogP contribution in [0.25, 0.3) is 0 Å². The highest BCUT2D eigenvalue weighted by Crippen LogP contribution is 2.24. The second kappa shape index (κ2) is 4.45. The van der Waals surface area contributed by atoms with Gasteiger partial charge in [0.15, 0.2) is 0 Å². The van der Waals surface area contributed by atoms with Crippen LogP contribution in [0.5, 0.6) is 0 Å². The van der Waals surface area contributed by atoms with Crippen LogP contribution in [0.2, 0.25) is 0 Å². The van der Waals surface area contributed by atoms with Gasteiger partial charge in [0.1, 0.15) is 11.5 Å². The summed E-state index contributed by atoms with van der Waals surface area (Å²) in [4.78, 5) is 17.5. The summed E-state index contributed by atoms with van der Waals surface area (Å²) in [5, 5.41) is 5.18. The fraction of sp³-hybridized carbons (Fsp3) is 0.462. The Morgan fingerprint density at radius 2 is 2.00 bits per heavy atom. The van der Waals surface area contributed by atoms with E-state index >= 15 is 0 Å². The Morgan fingerprint density at radius 1 is 1.37 bits per heavy atom. The molecule has 0 saturated heterocycles. The third-order valence-corrected chi connectivity index (χ3v) is 3.69. The van der Waals surface area contributed by atoms with Gasteiger partial charge in [-0.1, -0.05) is 20.8 Å². The standard InChI is InChI=1S/C13H18N4OS/c1-7-11(15-8(2)19-7)12(18)17-10(14)6-9(16-17)13(3,4)5/h6H,14H2,1-5H3. The Balaban J connectivity index is 2.45. The highest BCUT2D eigenvalue weighted by molar-refractivity contribution is 7.11. The number of thiazole rings is 1. The van der Waals surface area contributed by atoms with Crippen molar-refractivity contribution < 1.29 is 4.79 Å². The van der Waals surface area contributed by atoms with Gasteiger partial charge >= 0.3 is 0 Å². The molecule has 102 valence electrons. The zero-order chi connectivity index (χ0) is 14.4. The molecule has 0 amide bonds. The lowest BCUT2D eigenvalue weighted by Crippen LogP contribution is -2.19. The second-order valence-electron chi connectivity index (χ2n) is 5.56. The summed E-state index contributed by atoms with van der Waals surface area (Å²) < 4.78 is 1.24. The molecule has 0 radical (unpaired) electrons. The molecular weight excluding hydrogens is 260 g/mol. The molecule has 0 bridgehead atoms. The Labute approximate surface area is 116 Å². The third-order valence-electron chi connectivity index (χ3n) is 2.80. The molecule has 2 rings (SSSR count). The predicted molar refractivity (Wildman–Crippen MR) is 76.7 cm³/mol. The van der Waals surface area contributed by atoms with Crippen LogP contribution < -0.4 is 5.73 Å².